The van der Waals surface area contributed by atoms with Crippen molar-refractivity contribution in [2.75, 3.05) is 32.1 Å². The first kappa shape index (κ1) is 19.8. The number of nitrogens with two attached hydrogens (primary N) is 1. The Morgan fingerprint density at radius 3 is 2.76 bits per heavy atom. The summed E-state index contributed by atoms with van der Waals surface area (Å²) >= 11 is 0. The lowest BCUT2D eigenvalue weighted by atomic mass is 10.0. The van der Waals surface area contributed by atoms with Crippen LogP contribution in [0.2, 0.25) is 0 Å². The van der Waals surface area contributed by atoms with Crippen LogP contribution in [0.3, 0.4) is 0 Å². The molecule has 0 saturated carbocycles. The summed E-state index contributed by atoms with van der Waals surface area (Å²) in [5, 5.41) is 2.64. The second-order valence-electron chi connectivity index (χ2n) is 6.11. The summed E-state index contributed by atoms with van der Waals surface area (Å²) in [5.74, 6) is 0.333. The Labute approximate surface area is 153 Å². The van der Waals surface area contributed by atoms with Gasteiger partial charge >= 0.3 is 0 Å². The minimum atomic E-state index is -3.73. The fraction of sp³-hybridized carbons (Fsp3) is 0.533. The zero-order valence-corrected chi connectivity index (χ0v) is 15.7. The van der Waals surface area contributed by atoms with Crippen molar-refractivity contribution in [3.05, 3.63) is 12.1 Å². The number of rotatable bonds is 4. The molecule has 0 bridgehead atoms. The summed E-state index contributed by atoms with van der Waals surface area (Å²) < 4.78 is 38.0. The summed E-state index contributed by atoms with van der Waals surface area (Å²) in [6.07, 6.45) is 0.733. The highest BCUT2D eigenvalue weighted by Crippen LogP contribution is 2.39. The van der Waals surface area contributed by atoms with E-state index < -0.39 is 10.0 Å². The monoisotopic (exact) mass is 391 g/mol. The summed E-state index contributed by atoms with van der Waals surface area (Å²) in [4.78, 5) is 11.4. The van der Waals surface area contributed by atoms with Gasteiger partial charge in [-0.25, -0.2) is 8.42 Å². The van der Waals surface area contributed by atoms with E-state index in [1.807, 2.05) is 6.92 Å². The number of benzene rings is 1. The van der Waals surface area contributed by atoms with Gasteiger partial charge in [-0.1, -0.05) is 0 Å². The van der Waals surface area contributed by atoms with Crippen LogP contribution in [0.4, 0.5) is 5.69 Å². The molecule has 0 spiro atoms. The molecule has 140 valence electrons. The van der Waals surface area contributed by atoms with Crippen LogP contribution in [0, 0.1) is 5.92 Å². The van der Waals surface area contributed by atoms with Gasteiger partial charge in [-0.15, -0.1) is 12.4 Å². The first-order chi connectivity index (χ1) is 11.3. The van der Waals surface area contributed by atoms with Gasteiger partial charge in [0.15, 0.2) is 6.61 Å². The van der Waals surface area contributed by atoms with Gasteiger partial charge in [0.05, 0.1) is 12.8 Å². The summed E-state index contributed by atoms with van der Waals surface area (Å²) in [7, 11) is -2.34. The Kier molecular flexibility index (Phi) is 5.82. The fourth-order valence-electron chi connectivity index (χ4n) is 2.99. The van der Waals surface area contributed by atoms with Gasteiger partial charge in [-0.05, 0) is 19.3 Å². The van der Waals surface area contributed by atoms with Crippen LogP contribution in [0.1, 0.15) is 13.3 Å². The highest BCUT2D eigenvalue weighted by molar-refractivity contribution is 7.89. The molecular weight excluding hydrogens is 370 g/mol. The molecule has 3 rings (SSSR count). The molecule has 10 heteroatoms. The molecule has 2 atom stereocenters. The van der Waals surface area contributed by atoms with Gasteiger partial charge in [0, 0.05) is 31.3 Å². The lowest BCUT2D eigenvalue weighted by molar-refractivity contribution is -0.118. The van der Waals surface area contributed by atoms with Gasteiger partial charge in [0.25, 0.3) is 5.91 Å². The number of hydrogen-bond acceptors (Lipinski definition) is 6. The van der Waals surface area contributed by atoms with Gasteiger partial charge in [-0.3, -0.25) is 4.79 Å². The van der Waals surface area contributed by atoms with E-state index in [1.54, 1.807) is 0 Å². The third kappa shape index (κ3) is 3.69. The van der Waals surface area contributed by atoms with E-state index >= 15 is 0 Å². The Hall–Kier alpha value is -1.55. The van der Waals surface area contributed by atoms with Gasteiger partial charge in [-0.2, -0.15) is 4.31 Å². The number of fused-ring (bicyclic) bond motifs is 1. The fourth-order valence-corrected chi connectivity index (χ4v) is 4.65. The van der Waals surface area contributed by atoms with Crippen molar-refractivity contribution in [2.45, 2.75) is 24.3 Å². The second-order valence-corrected chi connectivity index (χ2v) is 8.01. The largest absolute Gasteiger partial charge is 0.495 e. The quantitative estimate of drug-likeness (QED) is 0.785. The van der Waals surface area contributed by atoms with E-state index in [9.17, 15) is 13.2 Å². The highest BCUT2D eigenvalue weighted by atomic mass is 35.5. The molecule has 2 aliphatic rings. The summed E-state index contributed by atoms with van der Waals surface area (Å²) in [6, 6.07) is 2.81. The van der Waals surface area contributed by atoms with Crippen molar-refractivity contribution in [1.82, 2.24) is 4.31 Å². The number of ether oxygens (including phenoxy) is 2. The number of hydrogen-bond donors (Lipinski definition) is 2. The van der Waals surface area contributed by atoms with E-state index in [0.29, 0.717) is 24.5 Å². The van der Waals surface area contributed by atoms with Crippen molar-refractivity contribution in [2.24, 2.45) is 11.7 Å². The van der Waals surface area contributed by atoms with E-state index in [4.69, 9.17) is 15.2 Å². The SMILES string of the molecule is COc1cc2c(cc1S(=O)(=O)N1CCC(C(C)N)C1)OCC(=O)N2.Cl. The zero-order chi connectivity index (χ0) is 17.5. The second kappa shape index (κ2) is 7.36. The average Bonchev–Trinajstić information content (AvgIpc) is 3.04. The number of nitrogens with one attached hydrogen (secondary N) is 1. The molecule has 1 aromatic rings. The third-order valence-electron chi connectivity index (χ3n) is 4.45. The number of anilines is 1. The number of methoxy groups -OCH3 is 1. The van der Waals surface area contributed by atoms with Crippen LogP contribution in [0.15, 0.2) is 17.0 Å². The van der Waals surface area contributed by atoms with Crippen molar-refractivity contribution in [3.8, 4) is 11.5 Å². The maximum Gasteiger partial charge on any atom is 0.262 e. The molecule has 2 aliphatic heterocycles. The zero-order valence-electron chi connectivity index (χ0n) is 14.0. The minimum Gasteiger partial charge on any atom is -0.495 e. The molecular formula is C15H22ClN3O5S. The molecule has 2 unspecified atom stereocenters. The summed E-state index contributed by atoms with van der Waals surface area (Å²) in [6.45, 7) is 2.55. The number of carbonyl (C=O) groups is 1. The van der Waals surface area contributed by atoms with Crippen molar-refractivity contribution >= 4 is 34.0 Å². The van der Waals surface area contributed by atoms with Crippen LogP contribution in [-0.4, -0.2) is 51.5 Å². The molecule has 1 fully saturated rings. The average molecular weight is 392 g/mol. The smallest absolute Gasteiger partial charge is 0.262 e. The maximum absolute atomic E-state index is 13.0. The molecule has 2 heterocycles. The standard InChI is InChI=1S/C15H21N3O5S.ClH/c1-9(16)10-3-4-18(7-10)24(20,21)14-6-12-11(5-13(14)22-2)17-15(19)8-23-12;/h5-6,9-10H,3-4,7-8,16H2,1-2H3,(H,17,19);1H. The minimum absolute atomic E-state index is 0. The van der Waals surface area contributed by atoms with Crippen molar-refractivity contribution in [1.29, 1.82) is 0 Å². The molecule has 1 aromatic carbocycles. The first-order valence-electron chi connectivity index (χ1n) is 7.73. The highest BCUT2D eigenvalue weighted by Gasteiger charge is 2.36. The molecule has 0 aromatic heterocycles. The van der Waals surface area contributed by atoms with E-state index in [-0.39, 0.29) is 47.5 Å². The Balaban J connectivity index is 0.00000225. The van der Waals surface area contributed by atoms with Crippen molar-refractivity contribution < 1.29 is 22.7 Å². The Bertz CT molecular complexity index is 769. The van der Waals surface area contributed by atoms with Crippen LogP contribution < -0.4 is 20.5 Å². The molecule has 1 saturated heterocycles. The first-order valence-corrected chi connectivity index (χ1v) is 9.17. The molecule has 3 N–H and O–H groups in total. The van der Waals surface area contributed by atoms with Crippen LogP contribution in [0.25, 0.3) is 0 Å². The predicted octanol–water partition coefficient (Wildman–Crippen LogP) is 0.806. The number of carbonyl (C=O) groups excluding carboxylic acids is 1. The Morgan fingerprint density at radius 1 is 1.44 bits per heavy atom. The van der Waals surface area contributed by atoms with Gasteiger partial charge in [0.2, 0.25) is 10.0 Å². The number of sulfonamides is 1. The van der Waals surface area contributed by atoms with Gasteiger partial charge < -0.3 is 20.5 Å². The molecule has 1 amide bonds. The lowest BCUT2D eigenvalue weighted by Gasteiger charge is -2.23. The Morgan fingerprint density at radius 2 is 2.16 bits per heavy atom. The van der Waals surface area contributed by atoms with E-state index in [2.05, 4.69) is 5.32 Å². The van der Waals surface area contributed by atoms with E-state index in [1.165, 1.54) is 23.5 Å². The summed E-state index contributed by atoms with van der Waals surface area (Å²) in [5.41, 5.74) is 6.30. The van der Waals surface area contributed by atoms with Crippen LogP contribution in [0.5, 0.6) is 11.5 Å². The van der Waals surface area contributed by atoms with E-state index in [0.717, 1.165) is 6.42 Å². The van der Waals surface area contributed by atoms with Gasteiger partial charge in [0.1, 0.15) is 16.4 Å². The number of amides is 1. The molecule has 25 heavy (non-hydrogen) atoms. The predicted molar refractivity (Wildman–Crippen MR) is 94.9 cm³/mol. The molecule has 0 radical (unpaired) electrons. The molecule has 0 aliphatic carbocycles. The maximum atomic E-state index is 13.0. The molecule has 8 nitrogen and oxygen atoms in total. The van der Waals surface area contributed by atoms with Crippen LogP contribution >= 0.6 is 12.4 Å². The topological polar surface area (TPSA) is 111 Å². The number of halogens is 1. The lowest BCUT2D eigenvalue weighted by Crippen LogP contribution is -2.33. The van der Waals surface area contributed by atoms with Crippen molar-refractivity contribution in [3.63, 3.8) is 0 Å². The van der Waals surface area contributed by atoms with Crippen LogP contribution in [-0.2, 0) is 14.8 Å². The normalized spacial score (nSPS) is 21.6. The third-order valence-corrected chi connectivity index (χ3v) is 6.33. The number of nitrogens with zero attached hydrogens (tertiary/aromatic N) is 1.